The van der Waals surface area contributed by atoms with Crippen molar-refractivity contribution in [1.29, 1.82) is 0 Å². The van der Waals surface area contributed by atoms with E-state index < -0.39 is 75.2 Å². The Bertz CT molecular complexity index is 1670. The molecule has 5 amide bonds. The highest BCUT2D eigenvalue weighted by Gasteiger charge is 2.44. The molecule has 330 valence electrons. The van der Waals surface area contributed by atoms with Gasteiger partial charge in [-0.25, -0.2) is 13.1 Å². The van der Waals surface area contributed by atoms with Crippen LogP contribution in [0.15, 0.2) is 29.2 Å². The Hall–Kier alpha value is -3.81. The van der Waals surface area contributed by atoms with Crippen LogP contribution in [0, 0.1) is 23.7 Å². The average molecular weight is 849 g/mol. The Morgan fingerprint density at radius 1 is 0.914 bits per heavy atom. The smallest absolute Gasteiger partial charge is 0.379 e. The third-order valence-corrected chi connectivity index (χ3v) is 12.2. The van der Waals surface area contributed by atoms with Crippen molar-refractivity contribution in [2.24, 2.45) is 23.7 Å². The number of benzene rings is 1. The van der Waals surface area contributed by atoms with Crippen molar-refractivity contribution in [2.75, 3.05) is 47.2 Å². The number of sulfonamides is 1. The number of nitrogens with one attached hydrogen (secondary N) is 3. The summed E-state index contributed by atoms with van der Waals surface area (Å²) in [6.45, 7) is 13.3. The zero-order valence-corrected chi connectivity index (χ0v) is 36.5. The number of alkyl halides is 3. The summed E-state index contributed by atoms with van der Waals surface area (Å²) in [5, 5.41) is 4.59. The molecule has 1 aliphatic rings. The SMILES string of the molecule is CCC(C)C(C(CC(=O)N1CCC[C@H]1C(OC)C(C)C(=O)NS(=O)(=O)c1ccc(NC(=O)C(F)(F)F)cc1)OC)N(C)C(=O)C(NC(=O)C(C(C)C)N(C)C)C(C)C. The van der Waals surface area contributed by atoms with E-state index in [0.29, 0.717) is 25.8 Å². The van der Waals surface area contributed by atoms with Gasteiger partial charge < -0.3 is 29.9 Å². The van der Waals surface area contributed by atoms with Crippen molar-refractivity contribution in [3.05, 3.63) is 24.3 Å². The van der Waals surface area contributed by atoms with Gasteiger partial charge in [-0.1, -0.05) is 54.9 Å². The fourth-order valence-corrected chi connectivity index (χ4v) is 8.68. The average Bonchev–Trinajstić information content (AvgIpc) is 3.62. The molecule has 1 heterocycles. The number of carbonyl (C=O) groups excluding carboxylic acids is 5. The van der Waals surface area contributed by atoms with E-state index in [1.165, 1.54) is 21.1 Å². The fraction of sp³-hybridized carbons (Fsp3) is 0.718. The van der Waals surface area contributed by atoms with Gasteiger partial charge in [0.25, 0.3) is 10.0 Å². The third kappa shape index (κ3) is 12.8. The normalized spacial score (nSPS) is 18.6. The summed E-state index contributed by atoms with van der Waals surface area (Å²) in [5.41, 5.74) is -0.306. The Morgan fingerprint density at radius 3 is 1.97 bits per heavy atom. The second-order valence-electron chi connectivity index (χ2n) is 15.9. The van der Waals surface area contributed by atoms with Gasteiger partial charge in [0.1, 0.15) is 6.04 Å². The van der Waals surface area contributed by atoms with Crippen LogP contribution >= 0.6 is 0 Å². The predicted octanol–water partition coefficient (Wildman–Crippen LogP) is 3.64. The molecule has 58 heavy (non-hydrogen) atoms. The fourth-order valence-electron chi connectivity index (χ4n) is 7.61. The van der Waals surface area contributed by atoms with Crippen LogP contribution in [0.2, 0.25) is 0 Å². The monoisotopic (exact) mass is 848 g/mol. The number of amides is 5. The summed E-state index contributed by atoms with van der Waals surface area (Å²) in [5.74, 6) is -5.55. The van der Waals surface area contributed by atoms with E-state index in [9.17, 15) is 45.6 Å². The Kier molecular flexibility index (Phi) is 18.6. The molecule has 0 saturated carbocycles. The van der Waals surface area contributed by atoms with Crippen molar-refractivity contribution in [1.82, 2.24) is 24.7 Å². The number of hydrogen-bond acceptors (Lipinski definition) is 10. The molecule has 2 rings (SSSR count). The molecular formula is C39H63F3N6O9S. The maximum absolute atomic E-state index is 14.2. The second kappa shape index (κ2) is 21.4. The number of rotatable bonds is 20. The van der Waals surface area contributed by atoms with Crippen LogP contribution in [0.1, 0.15) is 74.1 Å². The van der Waals surface area contributed by atoms with E-state index in [4.69, 9.17) is 9.47 Å². The second-order valence-corrected chi connectivity index (χ2v) is 17.6. The van der Waals surface area contributed by atoms with E-state index >= 15 is 0 Å². The highest BCUT2D eigenvalue weighted by atomic mass is 32.2. The first-order valence-electron chi connectivity index (χ1n) is 19.5. The zero-order chi connectivity index (χ0) is 44.4. The lowest BCUT2D eigenvalue weighted by Gasteiger charge is -2.41. The third-order valence-electron chi connectivity index (χ3n) is 10.9. The van der Waals surface area contributed by atoms with E-state index in [0.717, 1.165) is 24.3 Å². The van der Waals surface area contributed by atoms with Gasteiger partial charge in [0, 0.05) is 33.5 Å². The van der Waals surface area contributed by atoms with E-state index in [2.05, 4.69) is 5.32 Å². The van der Waals surface area contributed by atoms with Gasteiger partial charge in [-0.2, -0.15) is 13.2 Å². The predicted molar refractivity (Wildman–Crippen MR) is 212 cm³/mol. The Labute approximate surface area is 341 Å². The maximum atomic E-state index is 14.2. The molecular weight excluding hydrogens is 786 g/mol. The van der Waals surface area contributed by atoms with Crippen LogP contribution < -0.4 is 15.4 Å². The highest BCUT2D eigenvalue weighted by molar-refractivity contribution is 7.90. The first kappa shape index (κ1) is 50.3. The molecule has 1 aromatic rings. The molecule has 15 nitrogen and oxygen atoms in total. The summed E-state index contributed by atoms with van der Waals surface area (Å²) >= 11 is 0. The maximum Gasteiger partial charge on any atom is 0.471 e. The Balaban J connectivity index is 2.27. The number of nitrogens with zero attached hydrogens (tertiary/aromatic N) is 3. The number of hydrogen-bond donors (Lipinski definition) is 3. The molecule has 1 aliphatic heterocycles. The lowest BCUT2D eigenvalue weighted by molar-refractivity contribution is -0.167. The summed E-state index contributed by atoms with van der Waals surface area (Å²) in [7, 11) is 3.58. The van der Waals surface area contributed by atoms with Crippen LogP contribution in [0.3, 0.4) is 0 Å². The van der Waals surface area contributed by atoms with Gasteiger partial charge in [-0.15, -0.1) is 0 Å². The molecule has 0 aliphatic carbocycles. The molecule has 0 aromatic heterocycles. The molecule has 1 saturated heterocycles. The van der Waals surface area contributed by atoms with Crippen molar-refractivity contribution in [3.63, 3.8) is 0 Å². The van der Waals surface area contributed by atoms with Crippen LogP contribution in [0.5, 0.6) is 0 Å². The molecule has 1 fully saturated rings. The molecule has 1 aromatic carbocycles. The minimum Gasteiger partial charge on any atom is -0.379 e. The van der Waals surface area contributed by atoms with Gasteiger partial charge in [-0.3, -0.25) is 28.9 Å². The molecule has 19 heteroatoms. The molecule has 0 spiro atoms. The minimum absolute atomic E-state index is 0.00894. The topological polar surface area (TPSA) is 184 Å². The van der Waals surface area contributed by atoms with Crippen LogP contribution in [-0.4, -0.2) is 137 Å². The molecule has 7 unspecified atom stereocenters. The highest BCUT2D eigenvalue weighted by Crippen LogP contribution is 2.30. The van der Waals surface area contributed by atoms with Crippen LogP contribution in [-0.2, 0) is 43.5 Å². The Morgan fingerprint density at radius 2 is 1.50 bits per heavy atom. The van der Waals surface area contributed by atoms with E-state index in [1.807, 2.05) is 65.3 Å². The minimum atomic E-state index is -5.15. The van der Waals surface area contributed by atoms with Crippen molar-refractivity contribution in [3.8, 4) is 0 Å². The number of halogens is 3. The van der Waals surface area contributed by atoms with Crippen molar-refractivity contribution < 1.29 is 55.0 Å². The van der Waals surface area contributed by atoms with Crippen LogP contribution in [0.25, 0.3) is 0 Å². The number of anilines is 1. The number of ether oxygens (including phenoxy) is 2. The van der Waals surface area contributed by atoms with Gasteiger partial charge in [0.2, 0.25) is 23.6 Å². The van der Waals surface area contributed by atoms with E-state index in [-0.39, 0.29) is 47.6 Å². The van der Waals surface area contributed by atoms with Crippen LogP contribution in [0.4, 0.5) is 18.9 Å². The first-order chi connectivity index (χ1) is 26.8. The summed E-state index contributed by atoms with van der Waals surface area (Å²) in [6.07, 6.45) is -5.30. The number of methoxy groups -OCH3 is 2. The first-order valence-corrected chi connectivity index (χ1v) is 21.0. The molecule has 0 radical (unpaired) electrons. The quantitative estimate of drug-likeness (QED) is 0.175. The van der Waals surface area contributed by atoms with Gasteiger partial charge in [-0.05, 0) is 69.0 Å². The summed E-state index contributed by atoms with van der Waals surface area (Å²) in [4.78, 5) is 70.9. The standard InChI is InChI=1S/C39H63F3N6O9S/c1-13-24(6)33(47(10)37(52)31(22(2)3)44-36(51)32(23(4)5)46(8)9)29(56-11)21-30(49)48-20-14-15-28(48)34(57-12)25(7)35(50)45-58(54,55)27-18-16-26(17-19-27)43-38(53)39(40,41)42/h16-19,22-25,28-29,31-34H,13-15,20-21H2,1-12H3,(H,43,53)(H,44,51)(H,45,50)/t24?,25?,28-,29?,31?,32?,33?,34?/m0/s1. The molecule has 0 bridgehead atoms. The van der Waals surface area contributed by atoms with Crippen molar-refractivity contribution >= 4 is 45.2 Å². The van der Waals surface area contributed by atoms with Gasteiger partial charge >= 0.3 is 12.1 Å². The molecule has 3 N–H and O–H groups in total. The number of likely N-dealkylation sites (tertiary alicyclic amines) is 1. The number of likely N-dealkylation sites (N-methyl/N-ethyl adjacent to an activating group) is 2. The lowest BCUT2D eigenvalue weighted by Crippen LogP contribution is -2.59. The van der Waals surface area contributed by atoms with Gasteiger partial charge in [0.05, 0.1) is 47.6 Å². The molecule has 8 atom stereocenters. The van der Waals surface area contributed by atoms with Crippen molar-refractivity contribution in [2.45, 2.75) is 122 Å². The largest absolute Gasteiger partial charge is 0.471 e. The summed E-state index contributed by atoms with van der Waals surface area (Å²) in [6, 6.07) is 1.29. The zero-order valence-electron chi connectivity index (χ0n) is 35.7. The lowest BCUT2D eigenvalue weighted by atomic mass is 9.89. The van der Waals surface area contributed by atoms with E-state index in [1.54, 1.807) is 22.2 Å². The van der Waals surface area contributed by atoms with Gasteiger partial charge in [0.15, 0.2) is 0 Å². The number of carbonyl (C=O) groups is 5. The summed E-state index contributed by atoms with van der Waals surface area (Å²) < 4.78 is 77.7.